The Morgan fingerprint density at radius 3 is 2.78 bits per heavy atom. The lowest BCUT2D eigenvalue weighted by molar-refractivity contribution is 0.283. The number of pyridine rings is 1. The number of hydrogen-bond donors (Lipinski definition) is 1. The predicted molar refractivity (Wildman–Crippen MR) is 71.5 cm³/mol. The Hall–Kier alpha value is -1.75. The normalized spacial score (nSPS) is 10.8. The van der Waals surface area contributed by atoms with Crippen LogP contribution in [-0.2, 0) is 0 Å². The first-order valence-electron chi connectivity index (χ1n) is 6.21. The van der Waals surface area contributed by atoms with E-state index in [1.165, 1.54) is 0 Å². The van der Waals surface area contributed by atoms with Crippen LogP contribution in [0, 0.1) is 0 Å². The van der Waals surface area contributed by atoms with Crippen molar-refractivity contribution in [1.82, 2.24) is 15.0 Å². The molecule has 5 nitrogen and oxygen atoms in total. The highest BCUT2D eigenvalue weighted by atomic mass is 16.2. The largest absolute Gasteiger partial charge is 0.396 e. The highest BCUT2D eigenvalue weighted by molar-refractivity contribution is 5.71. The molecule has 0 unspecified atom stereocenters. The second-order valence-electron chi connectivity index (χ2n) is 4.27. The summed E-state index contributed by atoms with van der Waals surface area (Å²) in [5, 5.41) is 8.73. The molecule has 2 aromatic heterocycles. The Bertz CT molecular complexity index is 503. The van der Waals surface area contributed by atoms with Crippen molar-refractivity contribution >= 4 is 17.0 Å². The van der Waals surface area contributed by atoms with E-state index in [-0.39, 0.29) is 6.61 Å². The Morgan fingerprint density at radius 1 is 1.11 bits per heavy atom. The molecule has 0 bridgehead atoms. The van der Waals surface area contributed by atoms with Crippen LogP contribution in [0.2, 0.25) is 0 Å². The molecule has 0 saturated heterocycles. The fourth-order valence-corrected chi connectivity index (χ4v) is 1.81. The third-order valence-electron chi connectivity index (χ3n) is 2.86. The molecule has 0 aromatic carbocycles. The van der Waals surface area contributed by atoms with Crippen LogP contribution in [-0.4, -0.2) is 40.3 Å². The van der Waals surface area contributed by atoms with E-state index in [9.17, 15) is 0 Å². The van der Waals surface area contributed by atoms with Gasteiger partial charge in [0.1, 0.15) is 11.3 Å². The van der Waals surface area contributed by atoms with Crippen LogP contribution in [0.3, 0.4) is 0 Å². The molecule has 0 aliphatic heterocycles. The minimum atomic E-state index is 0.271. The van der Waals surface area contributed by atoms with Gasteiger partial charge in [-0.25, -0.2) is 9.97 Å². The minimum Gasteiger partial charge on any atom is -0.396 e. The zero-order valence-electron chi connectivity index (χ0n) is 10.6. The van der Waals surface area contributed by atoms with Crippen LogP contribution >= 0.6 is 0 Å². The van der Waals surface area contributed by atoms with E-state index in [4.69, 9.17) is 5.11 Å². The Balaban J connectivity index is 2.01. The van der Waals surface area contributed by atoms with E-state index in [1.807, 2.05) is 19.2 Å². The van der Waals surface area contributed by atoms with E-state index in [0.717, 1.165) is 37.1 Å². The monoisotopic (exact) mass is 246 g/mol. The van der Waals surface area contributed by atoms with Crippen molar-refractivity contribution in [3.05, 3.63) is 24.5 Å². The van der Waals surface area contributed by atoms with Gasteiger partial charge < -0.3 is 10.0 Å². The summed E-state index contributed by atoms with van der Waals surface area (Å²) in [6, 6.07) is 3.90. The number of aromatic nitrogens is 3. The van der Waals surface area contributed by atoms with Crippen LogP contribution in [0.15, 0.2) is 24.5 Å². The summed E-state index contributed by atoms with van der Waals surface area (Å²) in [5.74, 6) is 0.909. The summed E-state index contributed by atoms with van der Waals surface area (Å²) >= 11 is 0. The van der Waals surface area contributed by atoms with Crippen molar-refractivity contribution in [2.24, 2.45) is 0 Å². The molecule has 0 aliphatic rings. The molecule has 0 atom stereocenters. The van der Waals surface area contributed by atoms with E-state index < -0.39 is 0 Å². The van der Waals surface area contributed by atoms with Gasteiger partial charge >= 0.3 is 0 Å². The summed E-state index contributed by atoms with van der Waals surface area (Å²) < 4.78 is 0. The van der Waals surface area contributed by atoms with Gasteiger partial charge in [-0.2, -0.15) is 0 Å². The zero-order chi connectivity index (χ0) is 12.8. The van der Waals surface area contributed by atoms with Crippen LogP contribution < -0.4 is 4.90 Å². The molecule has 0 amide bonds. The van der Waals surface area contributed by atoms with Crippen molar-refractivity contribution in [1.29, 1.82) is 0 Å². The Kier molecular flexibility index (Phi) is 4.41. The fourth-order valence-electron chi connectivity index (χ4n) is 1.81. The maximum Gasteiger partial charge on any atom is 0.180 e. The molecule has 2 heterocycles. The Morgan fingerprint density at radius 2 is 1.94 bits per heavy atom. The zero-order valence-corrected chi connectivity index (χ0v) is 10.6. The number of aliphatic hydroxyl groups excluding tert-OH is 1. The molecule has 0 spiro atoms. The van der Waals surface area contributed by atoms with Gasteiger partial charge in [0.05, 0.1) is 0 Å². The van der Waals surface area contributed by atoms with Crippen LogP contribution in [0.5, 0.6) is 0 Å². The lowest BCUT2D eigenvalue weighted by Gasteiger charge is -2.17. The first-order valence-corrected chi connectivity index (χ1v) is 6.21. The van der Waals surface area contributed by atoms with Crippen molar-refractivity contribution in [2.75, 3.05) is 25.1 Å². The standard InChI is InChI=1S/C13H18N4O/c1-17(9-3-2-4-10-18)12-6-5-11-13(16-12)15-8-7-14-11/h5-8,18H,2-4,9-10H2,1H3. The number of unbranched alkanes of at least 4 members (excludes halogenated alkanes) is 2. The van der Waals surface area contributed by atoms with Gasteiger partial charge in [0.2, 0.25) is 0 Å². The van der Waals surface area contributed by atoms with Crippen molar-refractivity contribution in [2.45, 2.75) is 19.3 Å². The average Bonchev–Trinajstić information content (AvgIpc) is 2.43. The van der Waals surface area contributed by atoms with Crippen LogP contribution in [0.1, 0.15) is 19.3 Å². The molecule has 2 aromatic rings. The summed E-state index contributed by atoms with van der Waals surface area (Å²) in [5.41, 5.74) is 1.49. The highest BCUT2D eigenvalue weighted by Crippen LogP contribution is 2.14. The molecular formula is C13H18N4O. The molecule has 5 heteroatoms. The number of nitrogens with zero attached hydrogens (tertiary/aromatic N) is 4. The van der Waals surface area contributed by atoms with E-state index in [1.54, 1.807) is 12.4 Å². The first kappa shape index (κ1) is 12.7. The lowest BCUT2D eigenvalue weighted by Crippen LogP contribution is -2.19. The van der Waals surface area contributed by atoms with Gasteiger partial charge in [-0.15, -0.1) is 0 Å². The van der Waals surface area contributed by atoms with Gasteiger partial charge in [0.25, 0.3) is 0 Å². The topological polar surface area (TPSA) is 62.1 Å². The third-order valence-corrected chi connectivity index (χ3v) is 2.86. The van der Waals surface area contributed by atoms with Crippen LogP contribution in [0.4, 0.5) is 5.82 Å². The van der Waals surface area contributed by atoms with E-state index >= 15 is 0 Å². The minimum absolute atomic E-state index is 0.271. The maximum atomic E-state index is 8.73. The van der Waals surface area contributed by atoms with Gasteiger partial charge in [-0.1, -0.05) is 0 Å². The smallest absolute Gasteiger partial charge is 0.180 e. The quantitative estimate of drug-likeness (QED) is 0.785. The third kappa shape index (κ3) is 3.13. The lowest BCUT2D eigenvalue weighted by atomic mass is 10.2. The van der Waals surface area contributed by atoms with Crippen molar-refractivity contribution in [3.63, 3.8) is 0 Å². The predicted octanol–water partition coefficient (Wildman–Crippen LogP) is 1.62. The maximum absolute atomic E-state index is 8.73. The SMILES string of the molecule is CN(CCCCCO)c1ccc2nccnc2n1. The van der Waals surface area contributed by atoms with Gasteiger partial charge in [0, 0.05) is 32.6 Å². The molecule has 0 fully saturated rings. The van der Waals surface area contributed by atoms with Crippen LogP contribution in [0.25, 0.3) is 11.2 Å². The molecule has 0 saturated carbocycles. The number of aliphatic hydroxyl groups is 1. The molecular weight excluding hydrogens is 228 g/mol. The van der Waals surface area contributed by atoms with Gasteiger partial charge in [0.15, 0.2) is 5.65 Å². The van der Waals surface area contributed by atoms with Gasteiger partial charge in [-0.05, 0) is 31.4 Å². The number of hydrogen-bond acceptors (Lipinski definition) is 5. The number of rotatable bonds is 6. The first-order chi connectivity index (χ1) is 8.81. The van der Waals surface area contributed by atoms with Crippen molar-refractivity contribution in [3.8, 4) is 0 Å². The number of fused-ring (bicyclic) bond motifs is 1. The fraction of sp³-hybridized carbons (Fsp3) is 0.462. The number of anilines is 1. The molecule has 1 N–H and O–H groups in total. The summed E-state index contributed by atoms with van der Waals surface area (Å²) in [6.07, 6.45) is 6.28. The summed E-state index contributed by atoms with van der Waals surface area (Å²) in [6.45, 7) is 1.20. The van der Waals surface area contributed by atoms with E-state index in [2.05, 4.69) is 19.9 Å². The Labute approximate surface area is 107 Å². The second-order valence-corrected chi connectivity index (χ2v) is 4.27. The molecule has 18 heavy (non-hydrogen) atoms. The summed E-state index contributed by atoms with van der Waals surface area (Å²) in [4.78, 5) is 15.0. The highest BCUT2D eigenvalue weighted by Gasteiger charge is 2.04. The van der Waals surface area contributed by atoms with Gasteiger partial charge in [-0.3, -0.25) is 4.98 Å². The van der Waals surface area contributed by atoms with Crippen molar-refractivity contribution < 1.29 is 5.11 Å². The average molecular weight is 246 g/mol. The molecule has 0 radical (unpaired) electrons. The molecule has 2 rings (SSSR count). The van der Waals surface area contributed by atoms with E-state index in [0.29, 0.717) is 5.65 Å². The molecule has 0 aliphatic carbocycles. The summed E-state index contributed by atoms with van der Waals surface area (Å²) in [7, 11) is 2.02. The molecule has 96 valence electrons. The second kappa shape index (κ2) is 6.26.